The fourth-order valence-corrected chi connectivity index (χ4v) is 3.01. The van der Waals surface area contributed by atoms with Crippen LogP contribution < -0.4 is 0 Å². The fraction of sp³-hybridized carbons (Fsp3) is 0.292. The fourth-order valence-electron chi connectivity index (χ4n) is 3.01. The number of rotatable bonds is 10. The average molecular weight is 364 g/mol. The van der Waals surface area contributed by atoms with Crippen LogP contribution in [0, 0.1) is 0 Å². The predicted octanol–water partition coefficient (Wildman–Crippen LogP) is 4.98. The lowest BCUT2D eigenvalue weighted by atomic mass is 10.0. The van der Waals surface area contributed by atoms with E-state index in [4.69, 9.17) is 0 Å². The number of benzene rings is 2. The summed E-state index contributed by atoms with van der Waals surface area (Å²) < 4.78 is 0. The van der Waals surface area contributed by atoms with E-state index in [2.05, 4.69) is 31.2 Å². The van der Waals surface area contributed by atoms with Crippen molar-refractivity contribution in [3.05, 3.63) is 84.0 Å². The molecule has 1 N–H and O–H groups in total. The van der Waals surface area contributed by atoms with Gasteiger partial charge in [-0.2, -0.15) is 0 Å². The third kappa shape index (κ3) is 6.87. The molecule has 1 atom stereocenters. The van der Waals surface area contributed by atoms with Gasteiger partial charge in [-0.25, -0.2) is 0 Å². The lowest BCUT2D eigenvalue weighted by molar-refractivity contribution is -0.120. The van der Waals surface area contributed by atoms with Gasteiger partial charge in [0, 0.05) is 13.1 Å². The first-order chi connectivity index (χ1) is 13.2. The van der Waals surface area contributed by atoms with Crippen LogP contribution in [-0.2, 0) is 11.3 Å². The summed E-state index contributed by atoms with van der Waals surface area (Å²) in [5, 5.41) is 10.4. The van der Waals surface area contributed by atoms with Crippen molar-refractivity contribution in [3.8, 4) is 11.1 Å². The molecule has 3 nitrogen and oxygen atoms in total. The van der Waals surface area contributed by atoms with Crippen LogP contribution in [0.1, 0.15) is 32.3 Å². The zero-order chi connectivity index (χ0) is 19.5. The van der Waals surface area contributed by atoms with E-state index in [0.29, 0.717) is 19.5 Å². The van der Waals surface area contributed by atoms with Crippen molar-refractivity contribution in [1.82, 2.24) is 4.90 Å². The molecule has 0 heterocycles. The number of aliphatic hydroxyl groups is 1. The summed E-state index contributed by atoms with van der Waals surface area (Å²) in [6, 6.07) is 18.4. The van der Waals surface area contributed by atoms with Gasteiger partial charge in [0.1, 0.15) is 0 Å². The van der Waals surface area contributed by atoms with E-state index < -0.39 is 6.10 Å². The first-order valence-electron chi connectivity index (χ1n) is 9.48. The van der Waals surface area contributed by atoms with Crippen LogP contribution in [0.2, 0.25) is 0 Å². The molecule has 0 radical (unpaired) electrons. The van der Waals surface area contributed by atoms with Gasteiger partial charge >= 0.3 is 0 Å². The van der Waals surface area contributed by atoms with Gasteiger partial charge in [-0.05, 0) is 36.5 Å². The van der Waals surface area contributed by atoms with Gasteiger partial charge in [-0.15, -0.1) is 0 Å². The second-order valence-corrected chi connectivity index (χ2v) is 6.66. The lowest BCUT2D eigenvalue weighted by Gasteiger charge is -2.22. The molecule has 0 aliphatic rings. The highest BCUT2D eigenvalue weighted by molar-refractivity contribution is 5.63. The van der Waals surface area contributed by atoms with Crippen molar-refractivity contribution in [2.45, 2.75) is 39.3 Å². The van der Waals surface area contributed by atoms with Crippen molar-refractivity contribution in [2.24, 2.45) is 0 Å². The summed E-state index contributed by atoms with van der Waals surface area (Å²) in [4.78, 5) is 13.1. The normalized spacial score (nSPS) is 12.9. The second kappa shape index (κ2) is 11.1. The summed E-state index contributed by atoms with van der Waals surface area (Å²) in [5.41, 5.74) is 4.55. The molecule has 0 aliphatic heterocycles. The van der Waals surface area contributed by atoms with Gasteiger partial charge in [0.15, 0.2) is 0 Å². The van der Waals surface area contributed by atoms with Crippen molar-refractivity contribution < 1.29 is 9.90 Å². The Kier molecular flexibility index (Phi) is 8.53. The molecule has 2 aromatic carbocycles. The van der Waals surface area contributed by atoms with Gasteiger partial charge in [0.25, 0.3) is 0 Å². The number of carbonyl (C=O) groups is 1. The molecule has 0 aromatic heterocycles. The van der Waals surface area contributed by atoms with Crippen molar-refractivity contribution in [1.29, 1.82) is 0 Å². The van der Waals surface area contributed by atoms with Crippen LogP contribution in [0.25, 0.3) is 11.1 Å². The largest absolute Gasteiger partial charge is 0.391 e. The highest BCUT2D eigenvalue weighted by atomic mass is 16.3. The van der Waals surface area contributed by atoms with E-state index >= 15 is 0 Å². The van der Waals surface area contributed by atoms with E-state index in [-0.39, 0.29) is 0 Å². The zero-order valence-electron chi connectivity index (χ0n) is 16.2. The van der Waals surface area contributed by atoms with Crippen LogP contribution in [0.5, 0.6) is 0 Å². The van der Waals surface area contributed by atoms with Crippen molar-refractivity contribution in [3.63, 3.8) is 0 Å². The molecule has 0 spiro atoms. The van der Waals surface area contributed by atoms with Gasteiger partial charge < -0.3 is 10.0 Å². The molecule has 0 fully saturated rings. The Bertz CT molecular complexity index is 748. The maximum absolute atomic E-state index is 11.4. The Morgan fingerprint density at radius 2 is 1.74 bits per heavy atom. The molecule has 0 saturated carbocycles. The molecule has 1 amide bonds. The Hall–Kier alpha value is -2.65. The highest BCUT2D eigenvalue weighted by Gasteiger charge is 2.12. The molecule has 0 aliphatic carbocycles. The quantitative estimate of drug-likeness (QED) is 0.478. The van der Waals surface area contributed by atoms with Crippen LogP contribution >= 0.6 is 0 Å². The summed E-state index contributed by atoms with van der Waals surface area (Å²) in [6.45, 7) is 4.87. The number of carbonyl (C=O) groups excluding carboxylic acids is 1. The smallest absolute Gasteiger partial charge is 0.210 e. The minimum atomic E-state index is -0.560. The van der Waals surface area contributed by atoms with Crippen LogP contribution in [0.15, 0.2) is 78.4 Å². The summed E-state index contributed by atoms with van der Waals surface area (Å²) >= 11 is 0. The Morgan fingerprint density at radius 1 is 1.07 bits per heavy atom. The lowest BCUT2D eigenvalue weighted by Crippen LogP contribution is -2.31. The highest BCUT2D eigenvalue weighted by Crippen LogP contribution is 2.20. The van der Waals surface area contributed by atoms with E-state index in [1.54, 1.807) is 4.90 Å². The number of amides is 1. The van der Waals surface area contributed by atoms with Gasteiger partial charge in [-0.1, -0.05) is 85.3 Å². The molecular formula is C24H29NO2. The molecule has 3 heteroatoms. The number of aliphatic hydroxyl groups excluding tert-OH is 1. The third-order valence-corrected chi connectivity index (χ3v) is 4.52. The summed E-state index contributed by atoms with van der Waals surface area (Å²) in [7, 11) is 0. The minimum absolute atomic E-state index is 0.330. The Morgan fingerprint density at radius 3 is 2.33 bits per heavy atom. The second-order valence-electron chi connectivity index (χ2n) is 6.66. The number of allylic oxidation sites excluding steroid dienone is 3. The monoisotopic (exact) mass is 363 g/mol. The van der Waals surface area contributed by atoms with E-state index in [1.807, 2.05) is 55.5 Å². The zero-order valence-corrected chi connectivity index (χ0v) is 16.2. The van der Waals surface area contributed by atoms with E-state index in [1.165, 1.54) is 11.1 Å². The van der Waals surface area contributed by atoms with Crippen molar-refractivity contribution in [2.75, 3.05) is 6.54 Å². The molecule has 142 valence electrons. The number of nitrogens with zero attached hydrogens (tertiary/aromatic N) is 1. The maximum atomic E-state index is 11.4. The van der Waals surface area contributed by atoms with Crippen molar-refractivity contribution >= 4 is 6.41 Å². The topological polar surface area (TPSA) is 40.5 Å². The van der Waals surface area contributed by atoms with E-state index in [0.717, 1.165) is 24.0 Å². The molecular weight excluding hydrogens is 334 g/mol. The first-order valence-corrected chi connectivity index (χ1v) is 9.48. The van der Waals surface area contributed by atoms with Gasteiger partial charge in [-0.3, -0.25) is 4.79 Å². The molecule has 0 bridgehead atoms. The molecule has 2 aromatic rings. The van der Waals surface area contributed by atoms with Gasteiger partial charge in [0.2, 0.25) is 6.41 Å². The predicted molar refractivity (Wildman–Crippen MR) is 112 cm³/mol. The molecule has 27 heavy (non-hydrogen) atoms. The molecule has 1 unspecified atom stereocenters. The Balaban J connectivity index is 1.95. The third-order valence-electron chi connectivity index (χ3n) is 4.52. The standard InChI is InChI=1S/C24H29NO2/c1-3-5-9-20(4-2)16-24(27)18-25(19-26)17-21-12-14-23(15-13-21)22-10-7-6-8-11-22/h3,5-15,19,24,27H,4,16-18H2,1-2H3/b5-3-,20-9+. The minimum Gasteiger partial charge on any atom is -0.391 e. The van der Waals surface area contributed by atoms with Crippen LogP contribution in [0.3, 0.4) is 0 Å². The number of hydrogen-bond donors (Lipinski definition) is 1. The van der Waals surface area contributed by atoms with Crippen LogP contribution in [-0.4, -0.2) is 29.1 Å². The molecule has 0 saturated heterocycles. The SMILES string of the molecule is C/C=C\C=C(/CC)CC(O)CN(C=O)Cc1ccc(-c2ccccc2)cc1. The maximum Gasteiger partial charge on any atom is 0.210 e. The summed E-state index contributed by atoms with van der Waals surface area (Å²) in [6.07, 6.45) is 7.72. The summed E-state index contributed by atoms with van der Waals surface area (Å²) in [5.74, 6) is 0. The van der Waals surface area contributed by atoms with Gasteiger partial charge in [0.05, 0.1) is 6.10 Å². The average Bonchev–Trinajstić information content (AvgIpc) is 2.71. The molecule has 2 rings (SSSR count). The van der Waals surface area contributed by atoms with E-state index in [9.17, 15) is 9.90 Å². The Labute approximate surface area is 162 Å². The van der Waals surface area contributed by atoms with Crippen LogP contribution in [0.4, 0.5) is 0 Å². The number of hydrogen-bond acceptors (Lipinski definition) is 2. The first kappa shape index (κ1) is 20.7.